The number of aromatic nitrogens is 1. The highest BCUT2D eigenvalue weighted by Gasteiger charge is 2.20. The average molecular weight is 239 g/mol. The van der Waals surface area contributed by atoms with E-state index in [1.165, 1.54) is 0 Å². The maximum atomic E-state index is 9.81. The number of benzene rings is 1. The maximum absolute atomic E-state index is 9.81. The number of pyridine rings is 1. The van der Waals surface area contributed by atoms with Gasteiger partial charge in [-0.05, 0) is 11.6 Å². The van der Waals surface area contributed by atoms with Crippen LogP contribution in [0.4, 0.5) is 0 Å². The van der Waals surface area contributed by atoms with Crippen molar-refractivity contribution >= 4 is 5.71 Å². The summed E-state index contributed by atoms with van der Waals surface area (Å²) < 4.78 is 0. The Hall–Kier alpha value is -2.20. The van der Waals surface area contributed by atoms with E-state index in [9.17, 15) is 5.11 Å². The first-order chi connectivity index (χ1) is 8.84. The minimum Gasteiger partial charge on any atom is -0.368 e. The minimum absolute atomic E-state index is 0.699. The number of fused-ring (bicyclic) bond motifs is 1. The predicted octanol–water partition coefficient (Wildman–Crippen LogP) is 1.62. The van der Waals surface area contributed by atoms with Gasteiger partial charge in [-0.15, -0.1) is 0 Å². The van der Waals surface area contributed by atoms with E-state index in [2.05, 4.69) is 15.5 Å². The molecule has 18 heavy (non-hydrogen) atoms. The molecule has 1 aromatic heterocycles. The van der Waals surface area contributed by atoms with Gasteiger partial charge in [-0.1, -0.05) is 30.3 Å². The van der Waals surface area contributed by atoms with Crippen molar-refractivity contribution in [2.45, 2.75) is 12.6 Å². The Morgan fingerprint density at radius 3 is 2.89 bits per heavy atom. The van der Waals surface area contributed by atoms with Gasteiger partial charge in [0, 0.05) is 29.9 Å². The first-order valence-corrected chi connectivity index (χ1v) is 5.83. The third kappa shape index (κ3) is 1.98. The zero-order valence-corrected chi connectivity index (χ0v) is 9.74. The van der Waals surface area contributed by atoms with Crippen LogP contribution in [-0.4, -0.2) is 15.8 Å². The maximum Gasteiger partial charge on any atom is 0.166 e. The standard InChI is InChI=1S/C14H13N3O/c18-14-12-6-2-1-5-11(12)13(16-17-14)8-10-4-3-7-15-9-10/h1-7,9,14,17-18H,8H2. The van der Waals surface area contributed by atoms with Gasteiger partial charge in [0.2, 0.25) is 0 Å². The molecule has 2 heterocycles. The molecule has 0 saturated heterocycles. The van der Waals surface area contributed by atoms with Crippen LogP contribution < -0.4 is 5.43 Å². The van der Waals surface area contributed by atoms with Gasteiger partial charge in [0.1, 0.15) is 0 Å². The Bertz CT molecular complexity index is 581. The largest absolute Gasteiger partial charge is 0.368 e. The van der Waals surface area contributed by atoms with Gasteiger partial charge in [-0.3, -0.25) is 10.4 Å². The third-order valence-corrected chi connectivity index (χ3v) is 2.98. The molecule has 4 heteroatoms. The SMILES string of the molecule is OC1NN=C(Cc2cccnc2)c2ccccc21. The van der Waals surface area contributed by atoms with Crippen molar-refractivity contribution in [3.63, 3.8) is 0 Å². The number of rotatable bonds is 2. The van der Waals surface area contributed by atoms with Crippen LogP contribution in [0.5, 0.6) is 0 Å². The third-order valence-electron chi connectivity index (χ3n) is 2.98. The van der Waals surface area contributed by atoms with Crippen molar-refractivity contribution in [3.05, 3.63) is 65.5 Å². The minimum atomic E-state index is -0.723. The summed E-state index contributed by atoms with van der Waals surface area (Å²) in [7, 11) is 0. The lowest BCUT2D eigenvalue weighted by molar-refractivity contribution is 0.138. The molecule has 0 amide bonds. The molecule has 1 unspecified atom stereocenters. The summed E-state index contributed by atoms with van der Waals surface area (Å²) in [6.07, 6.45) is 3.56. The number of hydrogen-bond donors (Lipinski definition) is 2. The Labute approximate surface area is 105 Å². The van der Waals surface area contributed by atoms with Gasteiger partial charge < -0.3 is 5.11 Å². The number of hydrogen-bond acceptors (Lipinski definition) is 4. The van der Waals surface area contributed by atoms with E-state index >= 15 is 0 Å². The fourth-order valence-electron chi connectivity index (χ4n) is 2.10. The van der Waals surface area contributed by atoms with Gasteiger partial charge >= 0.3 is 0 Å². The predicted molar refractivity (Wildman–Crippen MR) is 69.0 cm³/mol. The molecule has 0 fully saturated rings. The second kappa shape index (κ2) is 4.58. The molecule has 1 aromatic carbocycles. The molecule has 2 N–H and O–H groups in total. The fraction of sp³-hybridized carbons (Fsp3) is 0.143. The second-order valence-electron chi connectivity index (χ2n) is 4.22. The summed E-state index contributed by atoms with van der Waals surface area (Å²) >= 11 is 0. The molecule has 3 rings (SSSR count). The number of hydrazone groups is 1. The second-order valence-corrected chi connectivity index (χ2v) is 4.22. The number of nitrogens with one attached hydrogen (secondary N) is 1. The van der Waals surface area contributed by atoms with Crippen molar-refractivity contribution in [3.8, 4) is 0 Å². The summed E-state index contributed by atoms with van der Waals surface area (Å²) in [5.41, 5.74) is 6.61. The topological polar surface area (TPSA) is 57.5 Å². The van der Waals surface area contributed by atoms with Gasteiger partial charge in [-0.2, -0.15) is 5.10 Å². The lowest BCUT2D eigenvalue weighted by atomic mass is 9.96. The van der Waals surface area contributed by atoms with Gasteiger partial charge in [0.25, 0.3) is 0 Å². The molecule has 4 nitrogen and oxygen atoms in total. The molecule has 0 spiro atoms. The smallest absolute Gasteiger partial charge is 0.166 e. The zero-order chi connectivity index (χ0) is 12.4. The first kappa shape index (κ1) is 10.9. The van der Waals surface area contributed by atoms with E-state index in [0.29, 0.717) is 6.42 Å². The van der Waals surface area contributed by atoms with Crippen molar-refractivity contribution < 1.29 is 5.11 Å². The molecule has 0 radical (unpaired) electrons. The zero-order valence-electron chi connectivity index (χ0n) is 9.74. The van der Waals surface area contributed by atoms with Crippen LogP contribution in [0, 0.1) is 0 Å². The van der Waals surface area contributed by atoms with Crippen molar-refractivity contribution in [2.24, 2.45) is 5.10 Å². The molecule has 0 aliphatic carbocycles. The fourth-order valence-corrected chi connectivity index (χ4v) is 2.10. The summed E-state index contributed by atoms with van der Waals surface area (Å²) in [5.74, 6) is 0. The van der Waals surface area contributed by atoms with Crippen LogP contribution in [0.25, 0.3) is 0 Å². The molecule has 1 aliphatic heterocycles. The van der Waals surface area contributed by atoms with Gasteiger partial charge in [0.15, 0.2) is 6.23 Å². The van der Waals surface area contributed by atoms with Crippen LogP contribution in [0.3, 0.4) is 0 Å². The molecule has 90 valence electrons. The molecular weight excluding hydrogens is 226 g/mol. The van der Waals surface area contributed by atoms with E-state index in [1.54, 1.807) is 6.20 Å². The highest BCUT2D eigenvalue weighted by Crippen LogP contribution is 2.22. The van der Waals surface area contributed by atoms with Crippen LogP contribution in [0.1, 0.15) is 22.9 Å². The Kier molecular flexibility index (Phi) is 2.78. The van der Waals surface area contributed by atoms with Crippen molar-refractivity contribution in [2.75, 3.05) is 0 Å². The van der Waals surface area contributed by atoms with E-state index < -0.39 is 6.23 Å². The summed E-state index contributed by atoms with van der Waals surface area (Å²) in [5, 5.41) is 14.1. The molecule has 0 saturated carbocycles. The first-order valence-electron chi connectivity index (χ1n) is 5.83. The summed E-state index contributed by atoms with van der Waals surface area (Å²) in [6, 6.07) is 11.7. The summed E-state index contributed by atoms with van der Waals surface area (Å²) in [4.78, 5) is 4.10. The monoisotopic (exact) mass is 239 g/mol. The molecule has 2 aromatic rings. The molecule has 0 bridgehead atoms. The van der Waals surface area contributed by atoms with Crippen LogP contribution in [0.2, 0.25) is 0 Å². The van der Waals surface area contributed by atoms with Gasteiger partial charge in [-0.25, -0.2) is 0 Å². The lowest BCUT2D eigenvalue weighted by Gasteiger charge is -2.22. The van der Waals surface area contributed by atoms with E-state index in [0.717, 1.165) is 22.4 Å². The van der Waals surface area contributed by atoms with Crippen LogP contribution >= 0.6 is 0 Å². The molecular formula is C14H13N3O. The van der Waals surface area contributed by atoms with E-state index in [4.69, 9.17) is 0 Å². The van der Waals surface area contributed by atoms with E-state index in [-0.39, 0.29) is 0 Å². The molecule has 1 aliphatic rings. The number of nitrogens with zero attached hydrogens (tertiary/aromatic N) is 2. The lowest BCUT2D eigenvalue weighted by Crippen LogP contribution is -2.26. The van der Waals surface area contributed by atoms with Crippen molar-refractivity contribution in [1.82, 2.24) is 10.4 Å². The highest BCUT2D eigenvalue weighted by atomic mass is 16.3. The summed E-state index contributed by atoms with van der Waals surface area (Å²) in [6.45, 7) is 0. The average Bonchev–Trinajstić information content (AvgIpc) is 2.44. The van der Waals surface area contributed by atoms with E-state index in [1.807, 2.05) is 42.6 Å². The molecule has 1 atom stereocenters. The Morgan fingerprint density at radius 1 is 1.17 bits per heavy atom. The van der Waals surface area contributed by atoms with Gasteiger partial charge in [0.05, 0.1) is 5.71 Å². The normalized spacial score (nSPS) is 17.6. The highest BCUT2D eigenvalue weighted by molar-refractivity contribution is 6.03. The van der Waals surface area contributed by atoms with Crippen molar-refractivity contribution in [1.29, 1.82) is 0 Å². The Morgan fingerprint density at radius 2 is 2.06 bits per heavy atom. The number of aliphatic hydroxyl groups is 1. The number of aliphatic hydroxyl groups excluding tert-OH is 1. The Balaban J connectivity index is 1.94. The quantitative estimate of drug-likeness (QED) is 0.837. The van der Waals surface area contributed by atoms with Crippen LogP contribution in [-0.2, 0) is 6.42 Å². The van der Waals surface area contributed by atoms with Crippen LogP contribution in [0.15, 0.2) is 53.9 Å².